The first-order valence-electron chi connectivity index (χ1n) is 6.43. The third-order valence-corrected chi connectivity index (χ3v) is 4.15. The van der Waals surface area contributed by atoms with Crippen molar-refractivity contribution in [1.29, 1.82) is 0 Å². The molecule has 112 valence electrons. The molecule has 0 spiro atoms. The quantitative estimate of drug-likeness (QED) is 0.681. The molecule has 4 nitrogen and oxygen atoms in total. The van der Waals surface area contributed by atoms with E-state index in [1.54, 1.807) is 23.3 Å². The Morgan fingerprint density at radius 3 is 2.86 bits per heavy atom. The highest BCUT2D eigenvalue weighted by Gasteiger charge is 2.16. The van der Waals surface area contributed by atoms with Gasteiger partial charge in [-0.1, -0.05) is 6.07 Å². The van der Waals surface area contributed by atoms with Gasteiger partial charge in [0.05, 0.1) is 18.4 Å². The number of nitrogen functional groups attached to an aromatic ring is 1. The number of esters is 1. The van der Waals surface area contributed by atoms with Gasteiger partial charge in [-0.2, -0.15) is 0 Å². The zero-order valence-electron chi connectivity index (χ0n) is 11.9. The highest BCUT2D eigenvalue weighted by Crippen LogP contribution is 2.25. The number of nitrogens with two attached hydrogens (primary N) is 1. The molecule has 6 heteroatoms. The average Bonchev–Trinajstić information content (AvgIpc) is 2.97. The highest BCUT2D eigenvalue weighted by atomic mass is 32.1. The van der Waals surface area contributed by atoms with Crippen molar-refractivity contribution in [3.63, 3.8) is 0 Å². The molecule has 0 saturated heterocycles. The van der Waals surface area contributed by atoms with E-state index in [1.165, 1.54) is 18.1 Å². The smallest absolute Gasteiger partial charge is 0.340 e. The lowest BCUT2D eigenvalue weighted by atomic mass is 10.1. The molecule has 2 N–H and O–H groups in total. The summed E-state index contributed by atoms with van der Waals surface area (Å²) in [7, 11) is 3.05. The number of anilines is 2. The predicted octanol–water partition coefficient (Wildman–Crippen LogP) is 2.93. The van der Waals surface area contributed by atoms with Crippen LogP contribution in [0.3, 0.4) is 0 Å². The first-order valence-corrected chi connectivity index (χ1v) is 7.31. The standard InChI is InChI=1S/C15H17FN2O2S/c1-18(6-5-10-4-3-7-21-10)14-8-11(15(19)20-2)13(17)9-12(14)16/h3-4,7-9H,5-6,17H2,1-2H3. The number of hydrogen-bond acceptors (Lipinski definition) is 5. The molecule has 0 bridgehead atoms. The summed E-state index contributed by atoms with van der Waals surface area (Å²) in [6.45, 7) is 0.641. The Bertz CT molecular complexity index is 629. The second-order valence-corrected chi connectivity index (χ2v) is 5.67. The Labute approximate surface area is 126 Å². The fourth-order valence-electron chi connectivity index (χ4n) is 2.01. The van der Waals surface area contributed by atoms with Crippen molar-refractivity contribution >= 4 is 28.7 Å². The Kier molecular flexibility index (Phi) is 4.80. The van der Waals surface area contributed by atoms with Crippen molar-refractivity contribution in [3.05, 3.63) is 45.9 Å². The second kappa shape index (κ2) is 6.58. The minimum atomic E-state index is -0.569. The van der Waals surface area contributed by atoms with Crippen molar-refractivity contribution in [2.45, 2.75) is 6.42 Å². The number of nitrogens with zero attached hydrogens (tertiary/aromatic N) is 1. The number of ether oxygens (including phenoxy) is 1. The minimum absolute atomic E-state index is 0.0785. The number of rotatable bonds is 5. The first kappa shape index (κ1) is 15.3. The summed E-state index contributed by atoms with van der Waals surface area (Å²) in [5.74, 6) is -1.02. The van der Waals surface area contributed by atoms with Crippen molar-refractivity contribution in [2.75, 3.05) is 31.3 Å². The van der Waals surface area contributed by atoms with E-state index >= 15 is 0 Å². The van der Waals surface area contributed by atoms with Crippen LogP contribution in [0.4, 0.5) is 15.8 Å². The number of hydrogen-bond donors (Lipinski definition) is 1. The van der Waals surface area contributed by atoms with E-state index in [9.17, 15) is 9.18 Å². The van der Waals surface area contributed by atoms with Crippen molar-refractivity contribution in [2.24, 2.45) is 0 Å². The monoisotopic (exact) mass is 308 g/mol. The molecule has 1 aromatic carbocycles. The fraction of sp³-hybridized carbons (Fsp3) is 0.267. The number of likely N-dealkylation sites (N-methyl/N-ethyl adjacent to an activating group) is 1. The molecule has 0 amide bonds. The van der Waals surface area contributed by atoms with E-state index in [2.05, 4.69) is 4.74 Å². The summed E-state index contributed by atoms with van der Waals surface area (Å²) in [6, 6.07) is 6.62. The maximum Gasteiger partial charge on any atom is 0.340 e. The zero-order valence-corrected chi connectivity index (χ0v) is 12.7. The highest BCUT2D eigenvalue weighted by molar-refractivity contribution is 7.09. The molecule has 0 radical (unpaired) electrons. The Morgan fingerprint density at radius 1 is 1.48 bits per heavy atom. The number of benzene rings is 1. The molecule has 0 atom stereocenters. The maximum absolute atomic E-state index is 14.0. The van der Waals surface area contributed by atoms with Crippen LogP contribution >= 0.6 is 11.3 Å². The summed E-state index contributed by atoms with van der Waals surface area (Å²) in [5, 5.41) is 2.01. The molecule has 0 aliphatic heterocycles. The molecule has 0 saturated carbocycles. The van der Waals surface area contributed by atoms with Crippen molar-refractivity contribution in [3.8, 4) is 0 Å². The fourth-order valence-corrected chi connectivity index (χ4v) is 2.71. The van der Waals surface area contributed by atoms with Gasteiger partial charge in [-0.25, -0.2) is 9.18 Å². The third-order valence-electron chi connectivity index (χ3n) is 3.21. The van der Waals surface area contributed by atoms with Gasteiger partial charge in [0.2, 0.25) is 0 Å². The van der Waals surface area contributed by atoms with Crippen LogP contribution < -0.4 is 10.6 Å². The molecular formula is C15H17FN2O2S. The maximum atomic E-state index is 14.0. The van der Waals surface area contributed by atoms with Gasteiger partial charge < -0.3 is 15.4 Å². The molecular weight excluding hydrogens is 291 g/mol. The number of carbonyl (C=O) groups is 1. The van der Waals surface area contributed by atoms with Crippen LogP contribution in [0.5, 0.6) is 0 Å². The lowest BCUT2D eigenvalue weighted by Gasteiger charge is -2.21. The van der Waals surface area contributed by atoms with Gasteiger partial charge in [-0.3, -0.25) is 0 Å². The molecule has 0 aliphatic carbocycles. The minimum Gasteiger partial charge on any atom is -0.465 e. The van der Waals surface area contributed by atoms with Crippen LogP contribution in [0.1, 0.15) is 15.2 Å². The van der Waals surface area contributed by atoms with Crippen molar-refractivity contribution in [1.82, 2.24) is 0 Å². The van der Waals surface area contributed by atoms with Gasteiger partial charge in [-0.15, -0.1) is 11.3 Å². The summed E-state index contributed by atoms with van der Waals surface area (Å²) in [5.41, 5.74) is 6.25. The number of halogens is 1. The predicted molar refractivity (Wildman–Crippen MR) is 83.4 cm³/mol. The van der Waals surface area contributed by atoms with Crippen LogP contribution in [-0.4, -0.2) is 26.7 Å². The SMILES string of the molecule is COC(=O)c1cc(N(C)CCc2cccs2)c(F)cc1N. The number of carbonyl (C=O) groups excluding carboxylic acids is 1. The average molecular weight is 308 g/mol. The normalized spacial score (nSPS) is 10.4. The third kappa shape index (κ3) is 3.52. The summed E-state index contributed by atoms with van der Waals surface area (Å²) in [6.07, 6.45) is 0.811. The van der Waals surface area contributed by atoms with Crippen LogP contribution in [0, 0.1) is 5.82 Å². The molecule has 2 aromatic rings. The zero-order chi connectivity index (χ0) is 15.4. The van der Waals surface area contributed by atoms with E-state index < -0.39 is 11.8 Å². The van der Waals surface area contributed by atoms with Crippen LogP contribution in [0.2, 0.25) is 0 Å². The van der Waals surface area contributed by atoms with Gasteiger partial charge in [0.15, 0.2) is 0 Å². The first-order chi connectivity index (χ1) is 10.0. The van der Waals surface area contributed by atoms with Gasteiger partial charge >= 0.3 is 5.97 Å². The second-order valence-electron chi connectivity index (χ2n) is 4.63. The van der Waals surface area contributed by atoms with E-state index in [-0.39, 0.29) is 11.3 Å². The lowest BCUT2D eigenvalue weighted by molar-refractivity contribution is 0.0602. The molecule has 1 aromatic heterocycles. The van der Waals surface area contributed by atoms with Crippen LogP contribution in [-0.2, 0) is 11.2 Å². The summed E-state index contributed by atoms with van der Waals surface area (Å²) >= 11 is 1.66. The van der Waals surface area contributed by atoms with E-state index in [4.69, 9.17) is 5.73 Å². The van der Waals surface area contributed by atoms with E-state index in [1.807, 2.05) is 17.5 Å². The van der Waals surface area contributed by atoms with E-state index in [0.29, 0.717) is 12.2 Å². The topological polar surface area (TPSA) is 55.6 Å². The molecule has 0 fully saturated rings. The summed E-state index contributed by atoms with van der Waals surface area (Å²) < 4.78 is 18.7. The Balaban J connectivity index is 2.19. The van der Waals surface area contributed by atoms with Crippen LogP contribution in [0.15, 0.2) is 29.6 Å². The molecule has 0 unspecified atom stereocenters. The van der Waals surface area contributed by atoms with Gasteiger partial charge in [0.25, 0.3) is 0 Å². The largest absolute Gasteiger partial charge is 0.465 e. The molecule has 0 aliphatic rings. The lowest BCUT2D eigenvalue weighted by Crippen LogP contribution is -2.22. The molecule has 21 heavy (non-hydrogen) atoms. The Hall–Kier alpha value is -2.08. The summed E-state index contributed by atoms with van der Waals surface area (Å²) in [4.78, 5) is 14.6. The number of thiophene rings is 1. The van der Waals surface area contributed by atoms with E-state index in [0.717, 1.165) is 12.5 Å². The van der Waals surface area contributed by atoms with Gasteiger partial charge in [0, 0.05) is 24.2 Å². The van der Waals surface area contributed by atoms with Gasteiger partial charge in [0.1, 0.15) is 5.82 Å². The van der Waals surface area contributed by atoms with Gasteiger partial charge in [-0.05, 0) is 30.0 Å². The molecule has 1 heterocycles. The van der Waals surface area contributed by atoms with Crippen LogP contribution in [0.25, 0.3) is 0 Å². The Morgan fingerprint density at radius 2 is 2.24 bits per heavy atom. The van der Waals surface area contributed by atoms with Crippen molar-refractivity contribution < 1.29 is 13.9 Å². The number of methoxy groups -OCH3 is 1. The molecule has 2 rings (SSSR count).